The predicted octanol–water partition coefficient (Wildman–Crippen LogP) is 1.48. The number of aromatic hydroxyl groups is 1. The fourth-order valence-corrected chi connectivity index (χ4v) is 1.00. The Morgan fingerprint density at radius 3 is 2.77 bits per heavy atom. The van der Waals surface area contributed by atoms with Crippen LogP contribution < -0.4 is 0 Å². The monoisotopic (exact) mass is 179 g/mol. The highest BCUT2D eigenvalue weighted by atomic mass is 16.3. The molecular formula is C10H13NO2. The molecule has 1 aromatic rings. The minimum absolute atomic E-state index is 0.0709. The van der Waals surface area contributed by atoms with Crippen molar-refractivity contribution in [1.82, 2.24) is 4.90 Å². The number of hydrogen-bond donors (Lipinski definition) is 1. The molecule has 0 atom stereocenters. The fourth-order valence-electron chi connectivity index (χ4n) is 1.00. The van der Waals surface area contributed by atoms with Crippen molar-refractivity contribution >= 4 is 5.91 Å². The van der Waals surface area contributed by atoms with Gasteiger partial charge in [-0.05, 0) is 25.1 Å². The van der Waals surface area contributed by atoms with Crippen LogP contribution in [0.3, 0.4) is 0 Å². The van der Waals surface area contributed by atoms with E-state index in [0.717, 1.165) is 0 Å². The number of benzene rings is 1. The summed E-state index contributed by atoms with van der Waals surface area (Å²) in [6, 6.07) is 6.36. The Balaban J connectivity index is 2.89. The first-order chi connectivity index (χ1) is 6.15. The van der Waals surface area contributed by atoms with E-state index in [1.54, 1.807) is 30.1 Å². The Labute approximate surface area is 77.6 Å². The molecule has 3 nitrogen and oxygen atoms in total. The van der Waals surface area contributed by atoms with Gasteiger partial charge in [0, 0.05) is 19.2 Å². The highest BCUT2D eigenvalue weighted by Gasteiger charge is 2.09. The number of phenolic OH excluding ortho intramolecular Hbond substituents is 1. The van der Waals surface area contributed by atoms with E-state index in [4.69, 9.17) is 5.11 Å². The number of nitrogens with zero attached hydrogens (tertiary/aromatic N) is 1. The van der Waals surface area contributed by atoms with Crippen molar-refractivity contribution in [3.8, 4) is 5.75 Å². The standard InChI is InChI=1S/C10H13NO2/c1-3-11(2)10(13)8-5-4-6-9(12)7-8/h4-7,12H,3H2,1-2H3. The van der Waals surface area contributed by atoms with Gasteiger partial charge in [0.2, 0.25) is 0 Å². The van der Waals surface area contributed by atoms with Crippen LogP contribution in [-0.4, -0.2) is 29.5 Å². The van der Waals surface area contributed by atoms with E-state index in [1.807, 2.05) is 6.92 Å². The number of carbonyl (C=O) groups is 1. The van der Waals surface area contributed by atoms with E-state index < -0.39 is 0 Å². The van der Waals surface area contributed by atoms with E-state index in [2.05, 4.69) is 0 Å². The number of amides is 1. The van der Waals surface area contributed by atoms with Crippen LogP contribution in [0.1, 0.15) is 17.3 Å². The predicted molar refractivity (Wildman–Crippen MR) is 50.7 cm³/mol. The average Bonchev–Trinajstić information content (AvgIpc) is 2.15. The summed E-state index contributed by atoms with van der Waals surface area (Å²) in [6.07, 6.45) is 0. The van der Waals surface area contributed by atoms with Crippen molar-refractivity contribution in [3.63, 3.8) is 0 Å². The van der Waals surface area contributed by atoms with E-state index >= 15 is 0 Å². The highest BCUT2D eigenvalue weighted by molar-refractivity contribution is 5.94. The van der Waals surface area contributed by atoms with Crippen LogP contribution >= 0.6 is 0 Å². The van der Waals surface area contributed by atoms with Crippen LogP contribution in [0.5, 0.6) is 5.75 Å². The molecule has 1 amide bonds. The summed E-state index contributed by atoms with van der Waals surface area (Å²) >= 11 is 0. The molecule has 0 heterocycles. The zero-order valence-electron chi connectivity index (χ0n) is 7.82. The molecule has 1 N–H and O–H groups in total. The van der Waals surface area contributed by atoms with Crippen LogP contribution in [0.4, 0.5) is 0 Å². The van der Waals surface area contributed by atoms with Gasteiger partial charge in [0.25, 0.3) is 5.91 Å². The first-order valence-corrected chi connectivity index (χ1v) is 4.19. The van der Waals surface area contributed by atoms with E-state index in [1.165, 1.54) is 6.07 Å². The van der Waals surface area contributed by atoms with E-state index in [-0.39, 0.29) is 11.7 Å². The molecule has 0 aliphatic carbocycles. The number of phenols is 1. The maximum absolute atomic E-state index is 11.5. The second-order valence-electron chi connectivity index (χ2n) is 2.87. The van der Waals surface area contributed by atoms with Crippen LogP contribution in [0, 0.1) is 0 Å². The van der Waals surface area contributed by atoms with Crippen LogP contribution in [-0.2, 0) is 0 Å². The lowest BCUT2D eigenvalue weighted by atomic mass is 10.2. The summed E-state index contributed by atoms with van der Waals surface area (Å²) in [5.41, 5.74) is 0.518. The molecule has 0 spiro atoms. The summed E-state index contributed by atoms with van der Waals surface area (Å²) in [5, 5.41) is 9.15. The minimum atomic E-state index is -0.0709. The van der Waals surface area contributed by atoms with Gasteiger partial charge in [-0.3, -0.25) is 4.79 Å². The number of hydrogen-bond acceptors (Lipinski definition) is 2. The Morgan fingerprint density at radius 1 is 1.54 bits per heavy atom. The van der Waals surface area contributed by atoms with Gasteiger partial charge in [-0.25, -0.2) is 0 Å². The van der Waals surface area contributed by atoms with Gasteiger partial charge in [0.1, 0.15) is 5.75 Å². The first-order valence-electron chi connectivity index (χ1n) is 4.19. The summed E-state index contributed by atoms with van der Waals surface area (Å²) in [5.74, 6) is 0.0498. The largest absolute Gasteiger partial charge is 0.508 e. The molecule has 1 rings (SSSR count). The Hall–Kier alpha value is -1.51. The van der Waals surface area contributed by atoms with Crippen LogP contribution in [0.2, 0.25) is 0 Å². The molecule has 0 saturated heterocycles. The zero-order valence-corrected chi connectivity index (χ0v) is 7.82. The normalized spacial score (nSPS) is 9.69. The van der Waals surface area contributed by atoms with Gasteiger partial charge in [0.05, 0.1) is 0 Å². The summed E-state index contributed by atoms with van der Waals surface area (Å²) < 4.78 is 0. The lowest BCUT2D eigenvalue weighted by Crippen LogP contribution is -2.25. The summed E-state index contributed by atoms with van der Waals surface area (Å²) in [7, 11) is 1.73. The molecule has 0 fully saturated rings. The maximum Gasteiger partial charge on any atom is 0.253 e. The fraction of sp³-hybridized carbons (Fsp3) is 0.300. The molecule has 3 heteroatoms. The molecular weight excluding hydrogens is 166 g/mol. The molecule has 0 bridgehead atoms. The van der Waals surface area contributed by atoms with Gasteiger partial charge >= 0.3 is 0 Å². The van der Waals surface area contributed by atoms with Crippen LogP contribution in [0.15, 0.2) is 24.3 Å². The second-order valence-corrected chi connectivity index (χ2v) is 2.87. The van der Waals surface area contributed by atoms with Crippen molar-refractivity contribution in [2.45, 2.75) is 6.92 Å². The molecule has 13 heavy (non-hydrogen) atoms. The lowest BCUT2D eigenvalue weighted by Gasteiger charge is -2.14. The van der Waals surface area contributed by atoms with Crippen LogP contribution in [0.25, 0.3) is 0 Å². The first kappa shape index (κ1) is 9.58. The quantitative estimate of drug-likeness (QED) is 0.747. The Kier molecular flexibility index (Phi) is 2.90. The van der Waals surface area contributed by atoms with Gasteiger partial charge < -0.3 is 10.0 Å². The summed E-state index contributed by atoms with van der Waals surface area (Å²) in [4.78, 5) is 13.1. The highest BCUT2D eigenvalue weighted by Crippen LogP contribution is 2.12. The summed E-state index contributed by atoms with van der Waals surface area (Å²) in [6.45, 7) is 2.56. The van der Waals surface area contributed by atoms with Gasteiger partial charge in [-0.15, -0.1) is 0 Å². The SMILES string of the molecule is CCN(C)C(=O)c1cccc(O)c1. The third-order valence-corrected chi connectivity index (χ3v) is 1.91. The number of rotatable bonds is 2. The molecule has 0 aliphatic rings. The molecule has 0 aromatic heterocycles. The molecule has 0 unspecified atom stereocenters. The zero-order chi connectivity index (χ0) is 9.84. The van der Waals surface area contributed by atoms with Gasteiger partial charge in [-0.1, -0.05) is 6.07 Å². The number of carbonyl (C=O) groups excluding carboxylic acids is 1. The smallest absolute Gasteiger partial charge is 0.253 e. The maximum atomic E-state index is 11.5. The van der Waals surface area contributed by atoms with Crippen molar-refractivity contribution < 1.29 is 9.90 Å². The third-order valence-electron chi connectivity index (χ3n) is 1.91. The lowest BCUT2D eigenvalue weighted by molar-refractivity contribution is 0.0802. The van der Waals surface area contributed by atoms with E-state index in [9.17, 15) is 4.79 Å². The third kappa shape index (κ3) is 2.21. The van der Waals surface area contributed by atoms with E-state index in [0.29, 0.717) is 12.1 Å². The molecule has 70 valence electrons. The topological polar surface area (TPSA) is 40.5 Å². The minimum Gasteiger partial charge on any atom is -0.508 e. The van der Waals surface area contributed by atoms with Crippen molar-refractivity contribution in [3.05, 3.63) is 29.8 Å². The van der Waals surface area contributed by atoms with Crippen molar-refractivity contribution in [2.24, 2.45) is 0 Å². The molecule has 0 radical (unpaired) electrons. The Bertz CT molecular complexity index is 310. The van der Waals surface area contributed by atoms with Crippen molar-refractivity contribution in [2.75, 3.05) is 13.6 Å². The Morgan fingerprint density at radius 2 is 2.23 bits per heavy atom. The van der Waals surface area contributed by atoms with Gasteiger partial charge in [0.15, 0.2) is 0 Å². The average molecular weight is 179 g/mol. The molecule has 0 saturated carbocycles. The van der Waals surface area contributed by atoms with Crippen molar-refractivity contribution in [1.29, 1.82) is 0 Å². The molecule has 1 aromatic carbocycles. The second kappa shape index (κ2) is 3.94. The van der Waals surface area contributed by atoms with Gasteiger partial charge in [-0.2, -0.15) is 0 Å². The molecule has 0 aliphatic heterocycles.